The predicted octanol–water partition coefficient (Wildman–Crippen LogP) is 3.79. The average Bonchev–Trinajstić information content (AvgIpc) is 2.93. The van der Waals surface area contributed by atoms with Crippen LogP contribution in [0.3, 0.4) is 0 Å². The van der Waals surface area contributed by atoms with Crippen LogP contribution in [0.2, 0.25) is 0 Å². The van der Waals surface area contributed by atoms with Gasteiger partial charge in [0.05, 0.1) is 0 Å². The van der Waals surface area contributed by atoms with E-state index >= 15 is 0 Å². The summed E-state index contributed by atoms with van der Waals surface area (Å²) in [7, 11) is 0. The first-order valence-corrected chi connectivity index (χ1v) is 11.4. The van der Waals surface area contributed by atoms with Gasteiger partial charge in [-0.05, 0) is 53.9 Å². The fourth-order valence-electron chi connectivity index (χ4n) is 3.89. The molecule has 2 aliphatic heterocycles. The van der Waals surface area contributed by atoms with Crippen molar-refractivity contribution in [1.82, 2.24) is 9.80 Å². The third-order valence-electron chi connectivity index (χ3n) is 5.67. The Balaban J connectivity index is 1.46. The maximum atomic E-state index is 12.6. The second-order valence-corrected chi connectivity index (χ2v) is 9.90. The molecule has 5 heteroatoms. The number of amides is 1. The molecular weight excluding hydrogens is 356 g/mol. The molecule has 0 spiro atoms. The van der Waals surface area contributed by atoms with Crippen LogP contribution in [0.4, 0.5) is 0 Å². The molecule has 27 heavy (non-hydrogen) atoms. The molecule has 0 N–H and O–H groups in total. The van der Waals surface area contributed by atoms with Crippen LogP contribution in [0.5, 0.6) is 5.75 Å². The fraction of sp³-hybridized carbons (Fsp3) is 0.682. The van der Waals surface area contributed by atoms with Gasteiger partial charge in [-0.15, -0.1) is 0 Å². The minimum atomic E-state index is 0.107. The normalized spacial score (nSPS) is 20.3. The van der Waals surface area contributed by atoms with E-state index in [4.69, 9.17) is 4.74 Å². The van der Waals surface area contributed by atoms with E-state index in [1.165, 1.54) is 29.9 Å². The maximum absolute atomic E-state index is 12.6. The Hall–Kier alpha value is -1.20. The molecule has 0 aromatic heterocycles. The van der Waals surface area contributed by atoms with Crippen molar-refractivity contribution in [2.45, 2.75) is 51.5 Å². The van der Waals surface area contributed by atoms with Crippen molar-refractivity contribution < 1.29 is 9.53 Å². The Morgan fingerprint density at radius 3 is 2.44 bits per heavy atom. The van der Waals surface area contributed by atoms with Crippen molar-refractivity contribution >= 4 is 17.7 Å². The number of ether oxygens (including phenoxy) is 1. The molecule has 4 nitrogen and oxygen atoms in total. The van der Waals surface area contributed by atoms with Gasteiger partial charge in [0.25, 0.3) is 5.91 Å². The van der Waals surface area contributed by atoms with Gasteiger partial charge in [0.2, 0.25) is 0 Å². The van der Waals surface area contributed by atoms with Crippen LogP contribution in [0.25, 0.3) is 0 Å². The van der Waals surface area contributed by atoms with E-state index in [1.54, 1.807) is 0 Å². The van der Waals surface area contributed by atoms with Gasteiger partial charge in [-0.25, -0.2) is 0 Å². The number of hydrogen-bond acceptors (Lipinski definition) is 4. The third-order valence-corrected chi connectivity index (χ3v) is 6.72. The molecule has 1 amide bonds. The second-order valence-electron chi connectivity index (χ2n) is 8.68. The highest BCUT2D eigenvalue weighted by Gasteiger charge is 2.25. The van der Waals surface area contributed by atoms with Crippen molar-refractivity contribution in [2.24, 2.45) is 0 Å². The molecule has 0 aliphatic carbocycles. The van der Waals surface area contributed by atoms with Crippen LogP contribution in [0, 0.1) is 0 Å². The van der Waals surface area contributed by atoms with Gasteiger partial charge in [-0.1, -0.05) is 32.9 Å². The second kappa shape index (κ2) is 9.33. The van der Waals surface area contributed by atoms with Crippen LogP contribution in [0.1, 0.15) is 45.6 Å². The molecule has 0 saturated carbocycles. The fourth-order valence-corrected chi connectivity index (χ4v) is 4.97. The lowest BCUT2D eigenvalue weighted by atomic mass is 9.87. The van der Waals surface area contributed by atoms with E-state index in [-0.39, 0.29) is 17.9 Å². The summed E-state index contributed by atoms with van der Waals surface area (Å²) in [6.07, 6.45) is 3.66. The highest BCUT2D eigenvalue weighted by molar-refractivity contribution is 7.99. The molecule has 1 aromatic rings. The predicted molar refractivity (Wildman–Crippen MR) is 114 cm³/mol. The Labute approximate surface area is 168 Å². The SMILES string of the molecule is CC(C)(C)c1ccc(OCC(=O)N2CCCN(C3CCSCC3)CC2)cc1. The quantitative estimate of drug-likeness (QED) is 0.783. The van der Waals surface area contributed by atoms with Crippen LogP contribution < -0.4 is 4.74 Å². The zero-order valence-corrected chi connectivity index (χ0v) is 17.9. The molecule has 0 radical (unpaired) electrons. The van der Waals surface area contributed by atoms with Gasteiger partial charge in [0.15, 0.2) is 6.61 Å². The summed E-state index contributed by atoms with van der Waals surface area (Å²) in [5.41, 5.74) is 1.40. The van der Waals surface area contributed by atoms with Crippen molar-refractivity contribution in [3.8, 4) is 5.75 Å². The van der Waals surface area contributed by atoms with Crippen LogP contribution >= 0.6 is 11.8 Å². The molecule has 3 rings (SSSR count). The first kappa shape index (κ1) is 20.5. The summed E-state index contributed by atoms with van der Waals surface area (Å²) in [4.78, 5) is 17.2. The van der Waals surface area contributed by atoms with Crippen molar-refractivity contribution in [1.29, 1.82) is 0 Å². The van der Waals surface area contributed by atoms with E-state index in [2.05, 4.69) is 49.6 Å². The molecule has 2 heterocycles. The Morgan fingerprint density at radius 2 is 1.78 bits per heavy atom. The van der Waals surface area contributed by atoms with Gasteiger partial charge in [-0.2, -0.15) is 11.8 Å². The lowest BCUT2D eigenvalue weighted by molar-refractivity contribution is -0.133. The van der Waals surface area contributed by atoms with Crippen molar-refractivity contribution in [2.75, 3.05) is 44.3 Å². The monoisotopic (exact) mass is 390 g/mol. The van der Waals surface area contributed by atoms with Gasteiger partial charge < -0.3 is 9.64 Å². The highest BCUT2D eigenvalue weighted by atomic mass is 32.2. The highest BCUT2D eigenvalue weighted by Crippen LogP contribution is 2.25. The van der Waals surface area contributed by atoms with Crippen LogP contribution in [-0.2, 0) is 10.2 Å². The standard InChI is InChI=1S/C22H34N2O2S/c1-22(2,3)18-5-7-20(8-6-18)26-17-21(25)24-12-4-11-23(13-14-24)19-9-15-27-16-10-19/h5-8,19H,4,9-17H2,1-3H3. The summed E-state index contributed by atoms with van der Waals surface area (Å²) >= 11 is 2.07. The van der Waals surface area contributed by atoms with Crippen LogP contribution in [-0.4, -0.2) is 66.0 Å². The van der Waals surface area contributed by atoms with E-state index in [0.29, 0.717) is 0 Å². The number of thioether (sulfide) groups is 1. The third kappa shape index (κ3) is 5.89. The molecule has 2 aliphatic rings. The molecule has 0 unspecified atom stereocenters. The van der Waals surface area contributed by atoms with Gasteiger partial charge in [0, 0.05) is 32.2 Å². The molecular formula is C22H34N2O2S. The number of carbonyl (C=O) groups is 1. The maximum Gasteiger partial charge on any atom is 0.260 e. The Kier molecular flexibility index (Phi) is 7.10. The summed E-state index contributed by atoms with van der Waals surface area (Å²) < 4.78 is 5.77. The smallest absolute Gasteiger partial charge is 0.260 e. The topological polar surface area (TPSA) is 32.8 Å². The van der Waals surface area contributed by atoms with Crippen molar-refractivity contribution in [3.63, 3.8) is 0 Å². The number of nitrogens with zero attached hydrogens (tertiary/aromatic N) is 2. The summed E-state index contributed by atoms with van der Waals surface area (Å²) in [6.45, 7) is 10.5. The zero-order chi connectivity index (χ0) is 19.3. The molecule has 2 fully saturated rings. The van der Waals surface area contributed by atoms with Gasteiger partial charge in [-0.3, -0.25) is 9.69 Å². The van der Waals surface area contributed by atoms with E-state index < -0.39 is 0 Å². The average molecular weight is 391 g/mol. The molecule has 1 aromatic carbocycles. The molecule has 2 saturated heterocycles. The molecule has 0 bridgehead atoms. The number of hydrogen-bond donors (Lipinski definition) is 0. The lowest BCUT2D eigenvalue weighted by Gasteiger charge is -2.33. The van der Waals surface area contributed by atoms with E-state index in [0.717, 1.165) is 44.4 Å². The minimum Gasteiger partial charge on any atom is -0.484 e. The number of rotatable bonds is 4. The lowest BCUT2D eigenvalue weighted by Crippen LogP contribution is -2.42. The summed E-state index contributed by atoms with van der Waals surface area (Å²) in [5, 5.41) is 0. The van der Waals surface area contributed by atoms with E-state index in [9.17, 15) is 4.79 Å². The van der Waals surface area contributed by atoms with Crippen molar-refractivity contribution in [3.05, 3.63) is 29.8 Å². The zero-order valence-electron chi connectivity index (χ0n) is 17.1. The minimum absolute atomic E-state index is 0.107. The largest absolute Gasteiger partial charge is 0.484 e. The Bertz CT molecular complexity index is 606. The van der Waals surface area contributed by atoms with Crippen LogP contribution in [0.15, 0.2) is 24.3 Å². The molecule has 150 valence electrons. The first-order chi connectivity index (χ1) is 12.9. The molecule has 0 atom stereocenters. The van der Waals surface area contributed by atoms with Gasteiger partial charge >= 0.3 is 0 Å². The first-order valence-electron chi connectivity index (χ1n) is 10.3. The van der Waals surface area contributed by atoms with Gasteiger partial charge in [0.1, 0.15) is 5.75 Å². The Morgan fingerprint density at radius 1 is 1.07 bits per heavy atom. The van der Waals surface area contributed by atoms with E-state index in [1.807, 2.05) is 17.0 Å². The number of benzene rings is 1. The number of carbonyl (C=O) groups excluding carboxylic acids is 1. The summed E-state index contributed by atoms with van der Waals surface area (Å²) in [5.74, 6) is 3.44. The summed E-state index contributed by atoms with van der Waals surface area (Å²) in [6, 6.07) is 8.84.